The molecular formula is C30H17Cl3IN5O6S2. The van der Waals surface area contributed by atoms with Crippen LogP contribution in [0.4, 0.5) is 5.69 Å². The van der Waals surface area contributed by atoms with E-state index in [-0.39, 0.29) is 32.4 Å². The normalized spacial score (nSPS) is 10.9. The van der Waals surface area contributed by atoms with Crippen LogP contribution in [0, 0.1) is 26.2 Å². The Hall–Kier alpha value is -4.16. The number of pyridine rings is 2. The van der Waals surface area contributed by atoms with Gasteiger partial charge in [-0.05, 0) is 83.3 Å². The lowest BCUT2D eigenvalue weighted by atomic mass is 10.2. The van der Waals surface area contributed by atoms with E-state index in [1.165, 1.54) is 61.2 Å². The van der Waals surface area contributed by atoms with Crippen LogP contribution in [-0.4, -0.2) is 26.8 Å². The van der Waals surface area contributed by atoms with Crippen molar-refractivity contribution in [3.63, 3.8) is 0 Å². The lowest BCUT2D eigenvalue weighted by Gasteiger charge is -2.11. The number of hydrogen-bond acceptors (Lipinski definition) is 10. The molecule has 0 radical (unpaired) electrons. The number of benzene rings is 3. The van der Waals surface area contributed by atoms with Crippen molar-refractivity contribution >= 4 is 81.2 Å². The number of rotatable bonds is 8. The molecule has 0 atom stereocenters. The van der Waals surface area contributed by atoms with Crippen LogP contribution in [-0.2, 0) is 19.1 Å². The number of aromatic nitrogens is 2. The highest BCUT2D eigenvalue weighted by Gasteiger charge is 2.18. The van der Waals surface area contributed by atoms with Crippen molar-refractivity contribution in [2.75, 3.05) is 4.72 Å². The Balaban J connectivity index is 0.000000223. The largest absolute Gasteiger partial charge is 0.454 e. The van der Waals surface area contributed by atoms with Crippen molar-refractivity contribution in [1.29, 1.82) is 10.5 Å². The molecule has 0 fully saturated rings. The van der Waals surface area contributed by atoms with Crippen LogP contribution < -0.4 is 14.2 Å². The van der Waals surface area contributed by atoms with E-state index >= 15 is 0 Å². The average molecular weight is 841 g/mol. The highest BCUT2D eigenvalue weighted by molar-refractivity contribution is 14.1. The third kappa shape index (κ3) is 10.2. The van der Waals surface area contributed by atoms with Gasteiger partial charge in [-0.15, -0.1) is 0 Å². The molecule has 17 heteroatoms. The second-order valence-corrected chi connectivity index (χ2v) is 15.3. The first-order valence-corrected chi connectivity index (χ1v) is 18.3. The van der Waals surface area contributed by atoms with E-state index in [9.17, 15) is 22.1 Å². The van der Waals surface area contributed by atoms with Crippen LogP contribution in [0.1, 0.15) is 11.1 Å². The van der Waals surface area contributed by atoms with Gasteiger partial charge in [0.25, 0.3) is 19.1 Å². The van der Waals surface area contributed by atoms with Gasteiger partial charge in [0.15, 0.2) is 0 Å². The van der Waals surface area contributed by atoms with E-state index in [0.717, 1.165) is 9.64 Å². The van der Waals surface area contributed by atoms with Gasteiger partial charge in [-0.2, -0.15) is 10.5 Å². The lowest BCUT2D eigenvalue weighted by molar-refractivity contribution is 0.478. The maximum atomic E-state index is 12.6. The second-order valence-electron chi connectivity index (χ2n) is 8.97. The van der Waals surface area contributed by atoms with Crippen LogP contribution in [0.15, 0.2) is 107 Å². The van der Waals surface area contributed by atoms with Crippen LogP contribution in [0.25, 0.3) is 0 Å². The molecule has 0 aliphatic carbocycles. The molecular weight excluding hydrogens is 824 g/mol. The zero-order valence-electron chi connectivity index (χ0n) is 23.3. The number of nitriles is 2. The third-order valence-electron chi connectivity index (χ3n) is 5.65. The van der Waals surface area contributed by atoms with Crippen molar-refractivity contribution in [3.8, 4) is 35.1 Å². The predicted molar refractivity (Wildman–Crippen MR) is 184 cm³/mol. The summed E-state index contributed by atoms with van der Waals surface area (Å²) in [6.45, 7) is 0. The summed E-state index contributed by atoms with van der Waals surface area (Å²) in [5, 5.41) is 19.2. The van der Waals surface area contributed by atoms with Crippen LogP contribution in [0.2, 0.25) is 10.0 Å². The molecule has 0 aliphatic rings. The van der Waals surface area contributed by atoms with Gasteiger partial charge >= 0.3 is 0 Å². The van der Waals surface area contributed by atoms with Gasteiger partial charge in [0.2, 0.25) is 0 Å². The second kappa shape index (κ2) is 15.6. The van der Waals surface area contributed by atoms with Crippen molar-refractivity contribution < 1.29 is 26.3 Å². The maximum Gasteiger partial charge on any atom is 0.261 e. The van der Waals surface area contributed by atoms with Crippen LogP contribution in [0.3, 0.4) is 0 Å². The SMILES string of the molecule is N#Cc1cc(S(=O)(=O)Cl)ccc1Oc1cncc(Cl)c1.N#Cc1cc(S(=O)(=O)Nc2ccc(I)cc2)ccc1Oc1cncc(Cl)c1. The lowest BCUT2D eigenvalue weighted by Crippen LogP contribution is -2.13. The van der Waals surface area contributed by atoms with Crippen molar-refractivity contribution in [2.24, 2.45) is 0 Å². The van der Waals surface area contributed by atoms with Crippen molar-refractivity contribution in [3.05, 3.63) is 122 Å². The number of anilines is 1. The molecule has 5 aromatic rings. The van der Waals surface area contributed by atoms with Gasteiger partial charge in [0, 0.05) is 44.5 Å². The molecule has 0 spiro atoms. The summed E-state index contributed by atoms with van der Waals surface area (Å²) in [5.74, 6) is 1.05. The van der Waals surface area contributed by atoms with Crippen molar-refractivity contribution in [2.45, 2.75) is 9.79 Å². The minimum atomic E-state index is -3.90. The quantitative estimate of drug-likeness (QED) is 0.119. The number of sulfonamides is 1. The summed E-state index contributed by atoms with van der Waals surface area (Å²) >= 11 is 13.8. The van der Waals surface area contributed by atoms with Gasteiger partial charge in [0.1, 0.15) is 35.1 Å². The summed E-state index contributed by atoms with van der Waals surface area (Å²) < 4.78 is 62.1. The zero-order chi connectivity index (χ0) is 34.2. The number of nitrogens with one attached hydrogen (secondary N) is 1. The molecule has 3 aromatic carbocycles. The number of hydrogen-bond donors (Lipinski definition) is 1. The average Bonchev–Trinajstić information content (AvgIpc) is 3.02. The Labute approximate surface area is 297 Å². The van der Waals surface area contributed by atoms with E-state index < -0.39 is 19.1 Å². The van der Waals surface area contributed by atoms with Crippen LogP contribution in [0.5, 0.6) is 23.0 Å². The molecule has 0 amide bonds. The predicted octanol–water partition coefficient (Wildman–Crippen LogP) is 8.13. The Morgan fingerprint density at radius 1 is 0.681 bits per heavy atom. The summed E-state index contributed by atoms with van der Waals surface area (Å²) in [6, 6.07) is 21.5. The smallest absolute Gasteiger partial charge is 0.261 e. The standard InChI is InChI=1S/C18H11ClIN3O3S.C12H6Cl2N2O3S/c19-13-8-16(11-22-10-13)26-18-6-5-17(7-12(18)9-21)27(24,25)23-15-3-1-14(20)2-4-15;13-9-4-10(7-16-6-9)19-12-2-1-11(20(14,17)18)3-8(12)5-15/h1-8,10-11,23H;1-4,6-7H. The van der Waals surface area contributed by atoms with Gasteiger partial charge in [-0.25, -0.2) is 16.8 Å². The fourth-order valence-corrected chi connectivity index (χ4v) is 6.12. The molecule has 2 heterocycles. The first kappa shape index (κ1) is 35.7. The van der Waals surface area contributed by atoms with Gasteiger partial charge in [-0.3, -0.25) is 14.7 Å². The molecule has 0 saturated carbocycles. The van der Waals surface area contributed by atoms with Crippen molar-refractivity contribution in [1.82, 2.24) is 9.97 Å². The molecule has 5 rings (SSSR count). The Morgan fingerprint density at radius 3 is 1.60 bits per heavy atom. The van der Waals surface area contributed by atoms with E-state index in [0.29, 0.717) is 27.2 Å². The Bertz CT molecular complexity index is 2250. The summed E-state index contributed by atoms with van der Waals surface area (Å²) in [5.41, 5.74) is 0.534. The minimum absolute atomic E-state index is 0.0340. The topological polar surface area (TPSA) is 172 Å². The van der Waals surface area contributed by atoms with Gasteiger partial charge < -0.3 is 9.47 Å². The fourth-order valence-electron chi connectivity index (χ4n) is 3.57. The van der Waals surface area contributed by atoms with E-state index in [1.807, 2.05) is 12.1 Å². The summed E-state index contributed by atoms with van der Waals surface area (Å²) in [6.07, 6.45) is 5.74. The van der Waals surface area contributed by atoms with Gasteiger partial charge in [0.05, 0.1) is 43.4 Å². The zero-order valence-corrected chi connectivity index (χ0v) is 29.4. The molecule has 0 bridgehead atoms. The fraction of sp³-hybridized carbons (Fsp3) is 0. The Kier molecular flexibility index (Phi) is 11.9. The third-order valence-corrected chi connectivity index (χ3v) is 9.51. The van der Waals surface area contributed by atoms with Gasteiger partial charge in [-0.1, -0.05) is 23.2 Å². The first-order chi connectivity index (χ1) is 22.3. The van der Waals surface area contributed by atoms with Crippen LogP contribution >= 0.6 is 56.5 Å². The minimum Gasteiger partial charge on any atom is -0.454 e. The van der Waals surface area contributed by atoms with E-state index in [2.05, 4.69) is 37.3 Å². The molecule has 11 nitrogen and oxygen atoms in total. The highest BCUT2D eigenvalue weighted by Crippen LogP contribution is 2.30. The maximum absolute atomic E-state index is 12.6. The molecule has 2 aromatic heterocycles. The Morgan fingerprint density at radius 2 is 1.15 bits per heavy atom. The molecule has 47 heavy (non-hydrogen) atoms. The highest BCUT2D eigenvalue weighted by atomic mass is 127. The molecule has 1 N–H and O–H groups in total. The van der Waals surface area contributed by atoms with E-state index in [1.54, 1.807) is 30.3 Å². The summed E-state index contributed by atoms with van der Waals surface area (Å²) in [4.78, 5) is 7.51. The summed E-state index contributed by atoms with van der Waals surface area (Å²) in [7, 11) is -2.53. The molecule has 238 valence electrons. The molecule has 0 aliphatic heterocycles. The monoisotopic (exact) mass is 839 g/mol. The first-order valence-electron chi connectivity index (χ1n) is 12.7. The number of halogens is 4. The number of nitrogens with zero attached hydrogens (tertiary/aromatic N) is 4. The molecule has 0 saturated heterocycles. The number of ether oxygens (including phenoxy) is 2. The van der Waals surface area contributed by atoms with E-state index in [4.69, 9.17) is 48.6 Å². The molecule has 0 unspecified atom stereocenters.